The van der Waals surface area contributed by atoms with Gasteiger partial charge in [0, 0.05) is 23.7 Å². The average molecular weight is 267 g/mol. The topological polar surface area (TPSA) is 45.2 Å². The van der Waals surface area contributed by atoms with Crippen molar-refractivity contribution in [1.82, 2.24) is 15.2 Å². The van der Waals surface area contributed by atoms with E-state index in [0.29, 0.717) is 12.6 Å². The fraction of sp³-hybridized carbons (Fsp3) is 0.692. The van der Waals surface area contributed by atoms with Crippen LogP contribution in [0, 0.1) is 0 Å². The van der Waals surface area contributed by atoms with E-state index in [1.54, 1.807) is 11.3 Å². The molecule has 1 N–H and O–H groups in total. The van der Waals surface area contributed by atoms with Crippen molar-refractivity contribution in [2.75, 3.05) is 6.54 Å². The van der Waals surface area contributed by atoms with Gasteiger partial charge in [0.05, 0.1) is 13.1 Å². The Balaban J connectivity index is 1.84. The summed E-state index contributed by atoms with van der Waals surface area (Å²) in [6.07, 6.45) is 5.22. The molecule has 0 unspecified atom stereocenters. The summed E-state index contributed by atoms with van der Waals surface area (Å²) < 4.78 is 0. The van der Waals surface area contributed by atoms with Gasteiger partial charge < -0.3 is 5.32 Å². The van der Waals surface area contributed by atoms with Gasteiger partial charge in [-0.1, -0.05) is 6.92 Å². The molecule has 1 heterocycles. The maximum atomic E-state index is 11.9. The van der Waals surface area contributed by atoms with Gasteiger partial charge in [0.25, 0.3) is 0 Å². The third-order valence-electron chi connectivity index (χ3n) is 3.25. The van der Waals surface area contributed by atoms with Gasteiger partial charge in [-0.05, 0) is 26.2 Å². The highest BCUT2D eigenvalue weighted by Gasteiger charge is 2.30. The summed E-state index contributed by atoms with van der Waals surface area (Å²) >= 11 is 1.66. The standard InChI is InChI=1S/C13H21N3OS/c1-3-10(2)15-12(17)8-16(11-4-5-11)9-13-14-6-7-18-13/h6-7,10-11H,3-5,8-9H2,1-2H3,(H,15,17)/t10-/m0/s1. The number of nitrogens with zero attached hydrogens (tertiary/aromatic N) is 2. The number of thiazole rings is 1. The van der Waals surface area contributed by atoms with Crippen molar-refractivity contribution in [3.8, 4) is 0 Å². The normalized spacial score (nSPS) is 16.8. The highest BCUT2D eigenvalue weighted by atomic mass is 32.1. The Labute approximate surface area is 112 Å². The number of hydrogen-bond acceptors (Lipinski definition) is 4. The largest absolute Gasteiger partial charge is 0.353 e. The first-order valence-corrected chi connectivity index (χ1v) is 7.48. The van der Waals surface area contributed by atoms with Crippen LogP contribution in [0.15, 0.2) is 11.6 Å². The van der Waals surface area contributed by atoms with E-state index in [1.165, 1.54) is 12.8 Å². The molecule has 0 aliphatic heterocycles. The summed E-state index contributed by atoms with van der Waals surface area (Å²) in [5.74, 6) is 0.132. The van der Waals surface area contributed by atoms with E-state index in [0.717, 1.165) is 18.0 Å². The van der Waals surface area contributed by atoms with Gasteiger partial charge in [0.2, 0.25) is 5.91 Å². The Morgan fingerprint density at radius 2 is 2.44 bits per heavy atom. The number of rotatable bonds is 7. The third kappa shape index (κ3) is 4.07. The van der Waals surface area contributed by atoms with Crippen molar-refractivity contribution in [2.24, 2.45) is 0 Å². The highest BCUT2D eigenvalue weighted by Crippen LogP contribution is 2.28. The molecule has 1 aliphatic carbocycles. The SMILES string of the molecule is CC[C@H](C)NC(=O)CN(Cc1nccs1)C1CC1. The lowest BCUT2D eigenvalue weighted by molar-refractivity contribution is -0.123. The van der Waals surface area contributed by atoms with Gasteiger partial charge in [0.1, 0.15) is 5.01 Å². The zero-order chi connectivity index (χ0) is 13.0. The molecule has 18 heavy (non-hydrogen) atoms. The number of hydrogen-bond donors (Lipinski definition) is 1. The summed E-state index contributed by atoms with van der Waals surface area (Å²) in [5, 5.41) is 6.11. The average Bonchev–Trinajstić information content (AvgIpc) is 3.07. The molecule has 1 aliphatic rings. The third-order valence-corrected chi connectivity index (χ3v) is 4.02. The number of nitrogens with one attached hydrogen (secondary N) is 1. The number of carbonyl (C=O) groups is 1. The molecule has 100 valence electrons. The van der Waals surface area contributed by atoms with E-state index in [4.69, 9.17) is 0 Å². The van der Waals surface area contributed by atoms with Crippen molar-refractivity contribution in [2.45, 2.75) is 51.7 Å². The van der Waals surface area contributed by atoms with Crippen LogP contribution in [-0.4, -0.2) is 34.4 Å². The van der Waals surface area contributed by atoms with Crippen LogP contribution in [0.4, 0.5) is 0 Å². The zero-order valence-corrected chi connectivity index (χ0v) is 11.9. The second-order valence-electron chi connectivity index (χ2n) is 4.94. The lowest BCUT2D eigenvalue weighted by atomic mass is 10.2. The van der Waals surface area contributed by atoms with Crippen LogP contribution in [0.25, 0.3) is 0 Å². The Kier molecular flexibility index (Phi) is 4.72. The molecule has 1 amide bonds. The van der Waals surface area contributed by atoms with Crippen molar-refractivity contribution < 1.29 is 4.79 Å². The first kappa shape index (κ1) is 13.5. The van der Waals surface area contributed by atoms with Crippen molar-refractivity contribution in [3.05, 3.63) is 16.6 Å². The molecule has 5 heteroatoms. The minimum Gasteiger partial charge on any atom is -0.353 e. The van der Waals surface area contributed by atoms with Gasteiger partial charge >= 0.3 is 0 Å². The van der Waals surface area contributed by atoms with E-state index in [9.17, 15) is 4.79 Å². The van der Waals surface area contributed by atoms with Crippen LogP contribution in [0.1, 0.15) is 38.1 Å². The van der Waals surface area contributed by atoms with Crippen molar-refractivity contribution >= 4 is 17.2 Å². The van der Waals surface area contributed by atoms with E-state index < -0.39 is 0 Å². The smallest absolute Gasteiger partial charge is 0.234 e. The van der Waals surface area contributed by atoms with Gasteiger partial charge in [-0.15, -0.1) is 11.3 Å². The Hall–Kier alpha value is -0.940. The Bertz CT molecular complexity index is 376. The molecular weight excluding hydrogens is 246 g/mol. The second-order valence-corrected chi connectivity index (χ2v) is 5.92. The first-order valence-electron chi connectivity index (χ1n) is 6.60. The molecule has 4 nitrogen and oxygen atoms in total. The minimum atomic E-state index is 0.132. The predicted molar refractivity (Wildman–Crippen MR) is 73.4 cm³/mol. The van der Waals surface area contributed by atoms with Crippen molar-refractivity contribution in [3.63, 3.8) is 0 Å². The van der Waals surface area contributed by atoms with Crippen LogP contribution in [0.2, 0.25) is 0 Å². The first-order chi connectivity index (χ1) is 8.69. The molecule has 0 spiro atoms. The maximum Gasteiger partial charge on any atom is 0.234 e. The quantitative estimate of drug-likeness (QED) is 0.822. The maximum absolute atomic E-state index is 11.9. The van der Waals surface area contributed by atoms with E-state index >= 15 is 0 Å². The van der Waals surface area contributed by atoms with Gasteiger partial charge in [-0.3, -0.25) is 9.69 Å². The predicted octanol–water partition coefficient (Wildman–Crippen LogP) is 2.02. The van der Waals surface area contributed by atoms with Gasteiger partial charge in [-0.2, -0.15) is 0 Å². The lowest BCUT2D eigenvalue weighted by Gasteiger charge is -2.21. The Morgan fingerprint density at radius 3 is 3.00 bits per heavy atom. The molecule has 0 radical (unpaired) electrons. The van der Waals surface area contributed by atoms with Crippen LogP contribution in [0.3, 0.4) is 0 Å². The van der Waals surface area contributed by atoms with E-state index in [1.807, 2.05) is 18.5 Å². The molecule has 0 bridgehead atoms. The molecule has 1 aromatic heterocycles. The van der Waals surface area contributed by atoms with E-state index in [-0.39, 0.29) is 11.9 Å². The summed E-state index contributed by atoms with van der Waals surface area (Å²) in [6.45, 7) is 5.42. The molecule has 1 fully saturated rings. The molecular formula is C13H21N3OS. The lowest BCUT2D eigenvalue weighted by Crippen LogP contribution is -2.41. The summed E-state index contributed by atoms with van der Waals surface area (Å²) in [4.78, 5) is 18.5. The van der Waals surface area contributed by atoms with Gasteiger partial charge in [0.15, 0.2) is 0 Å². The fourth-order valence-corrected chi connectivity index (χ4v) is 2.51. The molecule has 1 aromatic rings. The number of carbonyl (C=O) groups excluding carboxylic acids is 1. The highest BCUT2D eigenvalue weighted by molar-refractivity contribution is 7.09. The summed E-state index contributed by atoms with van der Waals surface area (Å²) in [6, 6.07) is 0.843. The second kappa shape index (κ2) is 6.29. The summed E-state index contributed by atoms with van der Waals surface area (Å²) in [7, 11) is 0. The van der Waals surface area contributed by atoms with Gasteiger partial charge in [-0.25, -0.2) is 4.98 Å². The van der Waals surface area contributed by atoms with Crippen LogP contribution >= 0.6 is 11.3 Å². The van der Waals surface area contributed by atoms with Crippen LogP contribution < -0.4 is 5.32 Å². The Morgan fingerprint density at radius 1 is 1.67 bits per heavy atom. The molecule has 0 saturated heterocycles. The zero-order valence-electron chi connectivity index (χ0n) is 11.1. The van der Waals surface area contributed by atoms with Crippen LogP contribution in [-0.2, 0) is 11.3 Å². The number of amides is 1. The molecule has 1 atom stereocenters. The monoisotopic (exact) mass is 267 g/mol. The summed E-state index contributed by atoms with van der Waals surface area (Å²) in [5.41, 5.74) is 0. The molecule has 1 saturated carbocycles. The molecule has 0 aromatic carbocycles. The van der Waals surface area contributed by atoms with Crippen LogP contribution in [0.5, 0.6) is 0 Å². The minimum absolute atomic E-state index is 0.132. The fourth-order valence-electron chi connectivity index (χ4n) is 1.87. The molecule has 2 rings (SSSR count). The van der Waals surface area contributed by atoms with Crippen molar-refractivity contribution in [1.29, 1.82) is 0 Å². The van der Waals surface area contributed by atoms with E-state index in [2.05, 4.69) is 22.1 Å². The number of aromatic nitrogens is 1.